The summed E-state index contributed by atoms with van der Waals surface area (Å²) >= 11 is 6.14. The van der Waals surface area contributed by atoms with Crippen LogP contribution in [0.2, 0.25) is 0 Å². The number of nitrogens with zero attached hydrogens (tertiary/aromatic N) is 1. The van der Waals surface area contributed by atoms with E-state index in [1.165, 1.54) is 13.2 Å². The van der Waals surface area contributed by atoms with Crippen molar-refractivity contribution in [2.45, 2.75) is 0 Å². The number of methoxy groups -OCH3 is 1. The second-order valence-electron chi connectivity index (χ2n) is 4.67. The summed E-state index contributed by atoms with van der Waals surface area (Å²) in [5.41, 5.74) is 1.23. The lowest BCUT2D eigenvalue weighted by molar-refractivity contribution is 0.103. The zero-order chi connectivity index (χ0) is 16.7. The van der Waals surface area contributed by atoms with Crippen molar-refractivity contribution in [3.8, 4) is 11.8 Å². The first-order valence-electron chi connectivity index (χ1n) is 6.87. The number of ketones is 1. The Morgan fingerprint density at radius 1 is 1.17 bits per heavy atom. The number of Topliss-reactive ketones (excluding diaryl/α,β-unsaturated/α-hetero) is 1. The van der Waals surface area contributed by atoms with Crippen LogP contribution in [0.5, 0.6) is 5.75 Å². The zero-order valence-corrected chi connectivity index (χ0v) is 13.2. The molecule has 0 aliphatic heterocycles. The normalized spacial score (nSPS) is 11.7. The first-order valence-corrected chi connectivity index (χ1v) is 7.24. The smallest absolute Gasteiger partial charge is 0.203 e. The van der Waals surface area contributed by atoms with Crippen LogP contribution < -0.4 is 4.74 Å². The third-order valence-electron chi connectivity index (χ3n) is 3.08. The molecule has 0 fully saturated rings. The Morgan fingerprint density at radius 3 is 2.57 bits per heavy atom. The zero-order valence-electron chi connectivity index (χ0n) is 12.5. The summed E-state index contributed by atoms with van der Waals surface area (Å²) in [7, 11) is 1.52. The molecule has 0 radical (unpaired) electrons. The lowest BCUT2D eigenvalue weighted by Gasteiger charge is -2.03. The first-order chi connectivity index (χ1) is 11.1. The maximum absolute atomic E-state index is 12.4. The highest BCUT2D eigenvalue weighted by Gasteiger charge is 2.13. The monoisotopic (exact) mass is 323 g/mol. The third kappa shape index (κ3) is 4.57. The van der Waals surface area contributed by atoms with Gasteiger partial charge in [0.05, 0.1) is 7.11 Å². The average Bonchev–Trinajstić information content (AvgIpc) is 2.60. The van der Waals surface area contributed by atoms with E-state index in [-0.39, 0.29) is 5.57 Å². The van der Waals surface area contributed by atoms with Crippen LogP contribution in [0.1, 0.15) is 15.9 Å². The molecule has 3 nitrogen and oxygen atoms in total. The van der Waals surface area contributed by atoms with Gasteiger partial charge in [-0.3, -0.25) is 4.79 Å². The molecule has 4 heteroatoms. The van der Waals surface area contributed by atoms with Crippen LogP contribution in [0.15, 0.2) is 71.3 Å². The topological polar surface area (TPSA) is 50.1 Å². The molecular weight excluding hydrogens is 310 g/mol. The van der Waals surface area contributed by atoms with Gasteiger partial charge in [0, 0.05) is 10.6 Å². The van der Waals surface area contributed by atoms with Crippen LogP contribution in [0.25, 0.3) is 6.08 Å². The van der Waals surface area contributed by atoms with Gasteiger partial charge in [0.25, 0.3) is 0 Å². The summed E-state index contributed by atoms with van der Waals surface area (Å²) in [6.45, 7) is 0. The van der Waals surface area contributed by atoms with E-state index in [2.05, 4.69) is 0 Å². The van der Waals surface area contributed by atoms with E-state index in [0.717, 1.165) is 5.56 Å². The van der Waals surface area contributed by atoms with Gasteiger partial charge in [-0.05, 0) is 29.8 Å². The molecular formula is C19H14ClNO2. The molecule has 0 aromatic heterocycles. The van der Waals surface area contributed by atoms with Crippen LogP contribution >= 0.6 is 11.6 Å². The molecule has 2 rings (SSSR count). The van der Waals surface area contributed by atoms with Crippen molar-refractivity contribution in [3.05, 3.63) is 82.4 Å². The summed E-state index contributed by atoms with van der Waals surface area (Å²) in [6.07, 6.45) is 3.06. The molecule has 2 aromatic carbocycles. The SMILES string of the molecule is COc1cccc(C(=O)/C(C#N)=C/C(Cl)=C/c2ccccc2)c1. The largest absolute Gasteiger partial charge is 0.497 e. The minimum absolute atomic E-state index is 0.0320. The lowest BCUT2D eigenvalue weighted by Crippen LogP contribution is -2.02. The second-order valence-corrected chi connectivity index (χ2v) is 5.11. The molecule has 0 saturated heterocycles. The molecule has 114 valence electrons. The lowest BCUT2D eigenvalue weighted by atomic mass is 10.0. The molecule has 0 unspecified atom stereocenters. The summed E-state index contributed by atoms with van der Waals surface area (Å²) in [6, 6.07) is 18.0. The van der Waals surface area contributed by atoms with Crippen molar-refractivity contribution in [2.24, 2.45) is 0 Å². The van der Waals surface area contributed by atoms with Crippen molar-refractivity contribution in [1.82, 2.24) is 0 Å². The minimum atomic E-state index is -0.397. The fraction of sp³-hybridized carbons (Fsp3) is 0.0526. The van der Waals surface area contributed by atoms with Gasteiger partial charge in [-0.2, -0.15) is 5.26 Å². The molecule has 0 heterocycles. The standard InChI is InChI=1S/C19H14ClNO2/c1-23-18-9-5-8-15(12-18)19(22)16(13-21)11-17(20)10-14-6-3-2-4-7-14/h2-12H,1H3/b16-11+,17-10-. The maximum Gasteiger partial charge on any atom is 0.203 e. The average molecular weight is 324 g/mol. The maximum atomic E-state index is 12.4. The van der Waals surface area contributed by atoms with Gasteiger partial charge < -0.3 is 4.74 Å². The number of ether oxygens (including phenoxy) is 1. The van der Waals surface area contributed by atoms with Gasteiger partial charge >= 0.3 is 0 Å². The molecule has 0 N–H and O–H groups in total. The summed E-state index contributed by atoms with van der Waals surface area (Å²) in [5.74, 6) is 0.157. The van der Waals surface area contributed by atoms with Gasteiger partial charge in [0.15, 0.2) is 0 Å². The van der Waals surface area contributed by atoms with Crippen molar-refractivity contribution < 1.29 is 9.53 Å². The van der Waals surface area contributed by atoms with Crippen LogP contribution in [0.4, 0.5) is 0 Å². The number of hydrogen-bond donors (Lipinski definition) is 0. The highest BCUT2D eigenvalue weighted by molar-refractivity contribution is 6.33. The highest BCUT2D eigenvalue weighted by Crippen LogP contribution is 2.18. The van der Waals surface area contributed by atoms with Crippen LogP contribution in [0, 0.1) is 11.3 Å². The quantitative estimate of drug-likeness (QED) is 0.349. The van der Waals surface area contributed by atoms with E-state index in [4.69, 9.17) is 16.3 Å². The van der Waals surface area contributed by atoms with E-state index in [1.54, 1.807) is 30.3 Å². The predicted molar refractivity (Wildman–Crippen MR) is 91.3 cm³/mol. The van der Waals surface area contributed by atoms with E-state index >= 15 is 0 Å². The number of allylic oxidation sites excluding steroid dienone is 3. The van der Waals surface area contributed by atoms with Crippen molar-refractivity contribution in [3.63, 3.8) is 0 Å². The number of carbonyl (C=O) groups excluding carboxylic acids is 1. The Bertz CT molecular complexity index is 802. The van der Waals surface area contributed by atoms with Crippen LogP contribution in [0.3, 0.4) is 0 Å². The van der Waals surface area contributed by atoms with Crippen molar-refractivity contribution >= 4 is 23.5 Å². The van der Waals surface area contributed by atoms with Gasteiger partial charge in [-0.15, -0.1) is 0 Å². The third-order valence-corrected chi connectivity index (χ3v) is 3.30. The number of benzene rings is 2. The molecule has 0 aliphatic rings. The molecule has 23 heavy (non-hydrogen) atoms. The van der Waals surface area contributed by atoms with E-state index in [1.807, 2.05) is 36.4 Å². The number of hydrogen-bond acceptors (Lipinski definition) is 3. The molecule has 0 amide bonds. The minimum Gasteiger partial charge on any atom is -0.497 e. The summed E-state index contributed by atoms with van der Waals surface area (Å²) < 4.78 is 5.09. The number of rotatable bonds is 5. The number of halogens is 1. The van der Waals surface area contributed by atoms with Crippen molar-refractivity contribution in [2.75, 3.05) is 7.11 Å². The Hall–Kier alpha value is -2.83. The summed E-state index contributed by atoms with van der Waals surface area (Å²) in [5, 5.41) is 9.55. The molecule has 0 spiro atoms. The van der Waals surface area contributed by atoms with E-state index in [0.29, 0.717) is 16.3 Å². The van der Waals surface area contributed by atoms with Gasteiger partial charge in [-0.25, -0.2) is 0 Å². The van der Waals surface area contributed by atoms with Crippen LogP contribution in [-0.2, 0) is 0 Å². The van der Waals surface area contributed by atoms with Gasteiger partial charge in [-0.1, -0.05) is 54.1 Å². The number of carbonyl (C=O) groups is 1. The molecule has 0 atom stereocenters. The summed E-state index contributed by atoms with van der Waals surface area (Å²) in [4.78, 5) is 12.4. The Balaban J connectivity index is 2.29. The first kappa shape index (κ1) is 16.5. The van der Waals surface area contributed by atoms with Gasteiger partial charge in [0.1, 0.15) is 17.4 Å². The number of nitriles is 1. The van der Waals surface area contributed by atoms with Gasteiger partial charge in [0.2, 0.25) is 5.78 Å². The molecule has 0 aliphatic carbocycles. The molecule has 0 saturated carbocycles. The molecule has 2 aromatic rings. The fourth-order valence-electron chi connectivity index (χ4n) is 1.96. The Labute approximate surface area is 140 Å². The van der Waals surface area contributed by atoms with Crippen LogP contribution in [-0.4, -0.2) is 12.9 Å². The Morgan fingerprint density at radius 2 is 1.91 bits per heavy atom. The van der Waals surface area contributed by atoms with E-state index < -0.39 is 5.78 Å². The van der Waals surface area contributed by atoms with E-state index in [9.17, 15) is 10.1 Å². The van der Waals surface area contributed by atoms with Crippen molar-refractivity contribution in [1.29, 1.82) is 5.26 Å². The second kappa shape index (κ2) is 7.98. The fourth-order valence-corrected chi connectivity index (χ4v) is 2.19. The highest BCUT2D eigenvalue weighted by atomic mass is 35.5. The predicted octanol–water partition coefficient (Wildman–Crippen LogP) is 4.61. The molecule has 0 bridgehead atoms. The Kier molecular flexibility index (Phi) is 5.74.